The molecular formula is C18H24N2O. The maximum absolute atomic E-state index is 5.79. The first-order valence-electron chi connectivity index (χ1n) is 7.42. The summed E-state index contributed by atoms with van der Waals surface area (Å²) in [5.74, 6) is 0.909. The second kappa shape index (κ2) is 8.45. The SMILES string of the molecule is CN(CCCN)Cc1ccc(OCc2ccccc2)cc1. The van der Waals surface area contributed by atoms with Crippen molar-refractivity contribution in [2.75, 3.05) is 20.1 Å². The quantitative estimate of drug-likeness (QED) is 0.809. The third-order valence-corrected chi connectivity index (χ3v) is 3.37. The molecule has 0 aliphatic carbocycles. The minimum Gasteiger partial charge on any atom is -0.489 e. The van der Waals surface area contributed by atoms with E-state index in [2.05, 4.69) is 36.2 Å². The Hall–Kier alpha value is -1.84. The van der Waals surface area contributed by atoms with E-state index in [1.807, 2.05) is 30.3 Å². The molecule has 3 nitrogen and oxygen atoms in total. The Labute approximate surface area is 127 Å². The Kier molecular flexibility index (Phi) is 6.25. The third-order valence-electron chi connectivity index (χ3n) is 3.37. The maximum atomic E-state index is 5.79. The normalized spacial score (nSPS) is 10.8. The standard InChI is InChI=1S/C18H24N2O/c1-20(13-5-12-19)14-16-8-10-18(11-9-16)21-15-17-6-3-2-4-7-17/h2-4,6-11H,5,12-15,19H2,1H3. The molecule has 0 aromatic heterocycles. The summed E-state index contributed by atoms with van der Waals surface area (Å²) in [6.45, 7) is 3.33. The van der Waals surface area contributed by atoms with Crippen molar-refractivity contribution < 1.29 is 4.74 Å². The minimum absolute atomic E-state index is 0.608. The highest BCUT2D eigenvalue weighted by Gasteiger charge is 2.01. The topological polar surface area (TPSA) is 38.5 Å². The van der Waals surface area contributed by atoms with Gasteiger partial charge in [-0.25, -0.2) is 0 Å². The molecular weight excluding hydrogens is 260 g/mol. The summed E-state index contributed by atoms with van der Waals surface area (Å²) in [6, 6.07) is 18.5. The van der Waals surface area contributed by atoms with Crippen LogP contribution in [0.3, 0.4) is 0 Å². The van der Waals surface area contributed by atoms with Gasteiger partial charge in [-0.05, 0) is 49.8 Å². The summed E-state index contributed by atoms with van der Waals surface area (Å²) in [4.78, 5) is 2.28. The molecule has 0 aliphatic rings. The largest absolute Gasteiger partial charge is 0.489 e. The predicted octanol–water partition coefficient (Wildman–Crippen LogP) is 3.05. The first-order valence-corrected chi connectivity index (χ1v) is 7.42. The summed E-state index contributed by atoms with van der Waals surface area (Å²) in [7, 11) is 2.12. The predicted molar refractivity (Wildman–Crippen MR) is 87.2 cm³/mol. The van der Waals surface area contributed by atoms with E-state index in [0.717, 1.165) is 31.8 Å². The molecule has 0 fully saturated rings. The van der Waals surface area contributed by atoms with Crippen LogP contribution in [0.2, 0.25) is 0 Å². The maximum Gasteiger partial charge on any atom is 0.119 e. The summed E-state index contributed by atoms with van der Waals surface area (Å²) in [5, 5.41) is 0. The molecule has 3 heteroatoms. The van der Waals surface area contributed by atoms with Gasteiger partial charge < -0.3 is 15.4 Å². The Bertz CT molecular complexity index is 511. The summed E-state index contributed by atoms with van der Waals surface area (Å²) >= 11 is 0. The highest BCUT2D eigenvalue weighted by molar-refractivity contribution is 5.27. The van der Waals surface area contributed by atoms with Gasteiger partial charge in [-0.2, -0.15) is 0 Å². The fraction of sp³-hybridized carbons (Fsp3) is 0.333. The van der Waals surface area contributed by atoms with Crippen LogP contribution in [0.25, 0.3) is 0 Å². The van der Waals surface area contributed by atoms with Crippen LogP contribution in [0.4, 0.5) is 0 Å². The highest BCUT2D eigenvalue weighted by atomic mass is 16.5. The van der Waals surface area contributed by atoms with Crippen LogP contribution in [-0.4, -0.2) is 25.0 Å². The van der Waals surface area contributed by atoms with Crippen molar-refractivity contribution in [2.45, 2.75) is 19.6 Å². The van der Waals surface area contributed by atoms with Gasteiger partial charge >= 0.3 is 0 Å². The molecule has 0 spiro atoms. The van der Waals surface area contributed by atoms with Crippen molar-refractivity contribution in [1.29, 1.82) is 0 Å². The minimum atomic E-state index is 0.608. The van der Waals surface area contributed by atoms with E-state index in [4.69, 9.17) is 10.5 Å². The van der Waals surface area contributed by atoms with Crippen LogP contribution in [0.15, 0.2) is 54.6 Å². The van der Waals surface area contributed by atoms with Crippen molar-refractivity contribution in [3.8, 4) is 5.75 Å². The Morgan fingerprint density at radius 1 is 0.952 bits per heavy atom. The van der Waals surface area contributed by atoms with Gasteiger partial charge in [0.2, 0.25) is 0 Å². The van der Waals surface area contributed by atoms with E-state index in [9.17, 15) is 0 Å². The first kappa shape index (κ1) is 15.5. The highest BCUT2D eigenvalue weighted by Crippen LogP contribution is 2.15. The second-order valence-corrected chi connectivity index (χ2v) is 5.30. The number of rotatable bonds is 8. The van der Waals surface area contributed by atoms with Gasteiger partial charge in [0.15, 0.2) is 0 Å². The number of benzene rings is 2. The second-order valence-electron chi connectivity index (χ2n) is 5.30. The van der Waals surface area contributed by atoms with Gasteiger partial charge in [0.1, 0.15) is 12.4 Å². The van der Waals surface area contributed by atoms with Gasteiger partial charge in [0, 0.05) is 6.54 Å². The van der Waals surface area contributed by atoms with Crippen LogP contribution in [-0.2, 0) is 13.2 Å². The van der Waals surface area contributed by atoms with Crippen molar-refractivity contribution in [3.63, 3.8) is 0 Å². The third kappa shape index (κ3) is 5.58. The van der Waals surface area contributed by atoms with E-state index in [0.29, 0.717) is 6.61 Å². The molecule has 0 saturated heterocycles. The lowest BCUT2D eigenvalue weighted by atomic mass is 10.2. The molecule has 21 heavy (non-hydrogen) atoms. The molecule has 0 atom stereocenters. The van der Waals surface area contributed by atoms with Crippen molar-refractivity contribution >= 4 is 0 Å². The van der Waals surface area contributed by atoms with E-state index >= 15 is 0 Å². The average Bonchev–Trinajstić information content (AvgIpc) is 2.53. The van der Waals surface area contributed by atoms with Gasteiger partial charge in [-0.15, -0.1) is 0 Å². The molecule has 0 saturated carbocycles. The van der Waals surface area contributed by atoms with Crippen LogP contribution in [0.1, 0.15) is 17.5 Å². The monoisotopic (exact) mass is 284 g/mol. The Balaban J connectivity index is 1.81. The smallest absolute Gasteiger partial charge is 0.119 e. The Morgan fingerprint density at radius 3 is 2.33 bits per heavy atom. The molecule has 2 rings (SSSR count). The van der Waals surface area contributed by atoms with Crippen LogP contribution in [0.5, 0.6) is 5.75 Å². The number of nitrogens with two attached hydrogens (primary N) is 1. The lowest BCUT2D eigenvalue weighted by Crippen LogP contribution is -2.21. The molecule has 112 valence electrons. The summed E-state index contributed by atoms with van der Waals surface area (Å²) in [6.07, 6.45) is 1.04. The van der Waals surface area contributed by atoms with Crippen LogP contribution >= 0.6 is 0 Å². The summed E-state index contributed by atoms with van der Waals surface area (Å²) < 4.78 is 5.79. The molecule has 2 aromatic carbocycles. The van der Waals surface area contributed by atoms with Gasteiger partial charge in [-0.3, -0.25) is 0 Å². The zero-order valence-electron chi connectivity index (χ0n) is 12.7. The average molecular weight is 284 g/mol. The molecule has 0 unspecified atom stereocenters. The lowest BCUT2D eigenvalue weighted by Gasteiger charge is -2.16. The Morgan fingerprint density at radius 2 is 1.67 bits per heavy atom. The molecule has 2 aromatic rings. The van der Waals surface area contributed by atoms with E-state index in [1.165, 1.54) is 11.1 Å². The molecule has 2 N–H and O–H groups in total. The zero-order chi connectivity index (χ0) is 14.9. The molecule has 0 radical (unpaired) electrons. The fourth-order valence-corrected chi connectivity index (χ4v) is 2.18. The molecule has 0 amide bonds. The number of nitrogens with zero attached hydrogens (tertiary/aromatic N) is 1. The number of ether oxygens (including phenoxy) is 1. The van der Waals surface area contributed by atoms with Crippen LogP contribution < -0.4 is 10.5 Å². The summed E-state index contributed by atoms with van der Waals surface area (Å²) in [5.41, 5.74) is 8.00. The van der Waals surface area contributed by atoms with Crippen molar-refractivity contribution in [2.24, 2.45) is 5.73 Å². The fourth-order valence-electron chi connectivity index (χ4n) is 2.18. The van der Waals surface area contributed by atoms with Crippen molar-refractivity contribution in [1.82, 2.24) is 4.90 Å². The van der Waals surface area contributed by atoms with Gasteiger partial charge in [0.05, 0.1) is 0 Å². The lowest BCUT2D eigenvalue weighted by molar-refractivity contribution is 0.305. The first-order chi connectivity index (χ1) is 10.3. The molecule has 0 heterocycles. The molecule has 0 bridgehead atoms. The molecule has 0 aliphatic heterocycles. The van der Waals surface area contributed by atoms with Gasteiger partial charge in [0.25, 0.3) is 0 Å². The van der Waals surface area contributed by atoms with E-state index in [1.54, 1.807) is 0 Å². The van der Waals surface area contributed by atoms with E-state index in [-0.39, 0.29) is 0 Å². The van der Waals surface area contributed by atoms with E-state index < -0.39 is 0 Å². The van der Waals surface area contributed by atoms with Crippen LogP contribution in [0, 0.1) is 0 Å². The zero-order valence-corrected chi connectivity index (χ0v) is 12.7. The number of hydrogen-bond donors (Lipinski definition) is 1. The van der Waals surface area contributed by atoms with Crippen molar-refractivity contribution in [3.05, 3.63) is 65.7 Å². The number of hydrogen-bond acceptors (Lipinski definition) is 3. The van der Waals surface area contributed by atoms with Gasteiger partial charge in [-0.1, -0.05) is 42.5 Å².